The minimum atomic E-state index is -1.05. The molecule has 4 aliphatic rings. The van der Waals surface area contributed by atoms with E-state index >= 15 is 0 Å². The molecule has 0 bridgehead atoms. The van der Waals surface area contributed by atoms with Gasteiger partial charge in [0.25, 0.3) is 0 Å². The van der Waals surface area contributed by atoms with E-state index in [-0.39, 0.29) is 92.0 Å². The highest BCUT2D eigenvalue weighted by molar-refractivity contribution is 5.88. The number of ether oxygens (including phenoxy) is 6. The Bertz CT molecular complexity index is 3030. The number of hydrogen-bond acceptors (Lipinski definition) is 14. The molecule has 9 rings (SSSR count). The van der Waals surface area contributed by atoms with Gasteiger partial charge in [0, 0.05) is 31.7 Å². The van der Waals surface area contributed by atoms with Crippen molar-refractivity contribution in [2.45, 2.75) is 76.0 Å². The normalized spacial score (nSPS) is 21.3. The number of halogens is 4. The third-order valence-electron chi connectivity index (χ3n) is 13.0. The van der Waals surface area contributed by atoms with Crippen LogP contribution in [0.1, 0.15) is 85.1 Å². The number of benzene rings is 5. The summed E-state index contributed by atoms with van der Waals surface area (Å²) in [5.41, 5.74) is 9.21. The summed E-state index contributed by atoms with van der Waals surface area (Å²) in [6.45, 7) is 0.135. The zero-order chi connectivity index (χ0) is 57.5. The number of hydrogen-bond donors (Lipinski definition) is 7. The highest BCUT2D eigenvalue weighted by atomic mass is 19.1. The molecule has 4 fully saturated rings. The monoisotopic (exact) mass is 1120 g/mol. The summed E-state index contributed by atoms with van der Waals surface area (Å²) < 4.78 is 82.9. The minimum absolute atomic E-state index is 0. The quantitative estimate of drug-likeness (QED) is 0.0501. The van der Waals surface area contributed by atoms with Crippen molar-refractivity contribution in [3.8, 4) is 23.0 Å². The van der Waals surface area contributed by atoms with Crippen LogP contribution in [0.25, 0.3) is 0 Å². The molecule has 0 aromatic heterocycles. The number of rotatable bonds is 13. The van der Waals surface area contributed by atoms with Gasteiger partial charge in [0.1, 0.15) is 6.61 Å². The fraction of sp³-hybridized carbons (Fsp3) is 0.339. The van der Waals surface area contributed by atoms with E-state index in [1.54, 1.807) is 18.2 Å². The van der Waals surface area contributed by atoms with Crippen molar-refractivity contribution < 1.29 is 84.7 Å². The lowest BCUT2D eigenvalue weighted by molar-refractivity contribution is -0.146. The zero-order valence-corrected chi connectivity index (χ0v) is 43.3. The second-order valence-electron chi connectivity index (χ2n) is 18.1. The largest absolute Gasteiger partial charge is 0.494 e. The van der Waals surface area contributed by atoms with Crippen LogP contribution < -0.4 is 51.3 Å². The average Bonchev–Trinajstić information content (AvgIpc) is 4.25. The van der Waals surface area contributed by atoms with E-state index in [1.165, 1.54) is 90.1 Å². The Morgan fingerprint density at radius 1 is 0.537 bits per heavy atom. The number of carbonyl (C=O) groups excluding carboxylic acids is 6. The molecule has 4 unspecified atom stereocenters. The maximum Gasteiger partial charge on any atom is 0.407 e. The van der Waals surface area contributed by atoms with Crippen LogP contribution in [0.5, 0.6) is 23.0 Å². The number of carboxylic acids is 1. The molecule has 8 N–H and O–H groups in total. The predicted molar refractivity (Wildman–Crippen MR) is 279 cm³/mol. The number of esters is 1. The number of nitrogens with two attached hydrogens (primary N) is 1. The first-order chi connectivity index (χ1) is 37.8. The van der Waals surface area contributed by atoms with Gasteiger partial charge in [-0.05, 0) is 76.3 Å². The van der Waals surface area contributed by atoms with E-state index in [4.69, 9.17) is 34.5 Å². The molecule has 8 atom stereocenters. The summed E-state index contributed by atoms with van der Waals surface area (Å²) in [6, 6.07) is 23.7. The molecule has 20 nitrogen and oxygen atoms in total. The molecule has 0 aliphatic carbocycles. The van der Waals surface area contributed by atoms with Crippen molar-refractivity contribution in [1.29, 1.82) is 0 Å². The number of alkyl carbamates (subject to hydrolysis) is 1. The van der Waals surface area contributed by atoms with Crippen LogP contribution >= 0.6 is 0 Å². The smallest absolute Gasteiger partial charge is 0.407 e. The maximum absolute atomic E-state index is 13.6. The molecule has 4 aliphatic heterocycles. The van der Waals surface area contributed by atoms with E-state index < -0.39 is 77.3 Å². The number of nitrogens with one attached hydrogen (secondary N) is 5. The van der Waals surface area contributed by atoms with Crippen LogP contribution in [-0.2, 0) is 44.8 Å². The van der Waals surface area contributed by atoms with Crippen molar-refractivity contribution in [3.05, 3.63) is 154 Å². The summed E-state index contributed by atoms with van der Waals surface area (Å²) in [5.74, 6) is -5.42. The lowest BCUT2D eigenvalue weighted by Gasteiger charge is -2.21. The molecule has 5 aromatic carbocycles. The first kappa shape index (κ1) is 61.9. The molecule has 0 spiro atoms. The van der Waals surface area contributed by atoms with Gasteiger partial charge in [-0.25, -0.2) is 22.4 Å². The van der Waals surface area contributed by atoms with Gasteiger partial charge in [-0.2, -0.15) is 0 Å². The molecular weight excluding hydrogens is 1060 g/mol. The minimum Gasteiger partial charge on any atom is -0.494 e. The highest BCUT2D eigenvalue weighted by Crippen LogP contribution is 2.35. The summed E-state index contributed by atoms with van der Waals surface area (Å²) in [5, 5.41) is 22.5. The second kappa shape index (κ2) is 28.6. The van der Waals surface area contributed by atoms with Crippen LogP contribution in [-0.4, -0.2) is 94.4 Å². The maximum atomic E-state index is 13.6. The van der Waals surface area contributed by atoms with E-state index in [9.17, 15) is 51.1 Å². The van der Waals surface area contributed by atoms with Crippen molar-refractivity contribution in [2.24, 2.45) is 17.6 Å². The van der Waals surface area contributed by atoms with Gasteiger partial charge in [-0.3, -0.25) is 28.8 Å². The SMILES string of the molecule is C.COC(=O)C1CC(=O)NC1c1ccc(F)c(OC)c1.COc1cc(C2NC(=O)C[C@@H]2C(=O)O)ccc1F.COc1cc([C@H]2NC(=O)CC2N)ccc1F.COc1cc([C@H]2NC(=O)C[C@@H]2NC(=O)OCc2ccccc2)ccc1F. The van der Waals surface area contributed by atoms with Gasteiger partial charge in [-0.15, -0.1) is 0 Å². The molecular formula is C56H62F4N6O14. The Hall–Kier alpha value is -8.93. The summed E-state index contributed by atoms with van der Waals surface area (Å²) in [4.78, 5) is 80.5. The third kappa shape index (κ3) is 15.9. The lowest BCUT2D eigenvalue weighted by Crippen LogP contribution is -2.38. The van der Waals surface area contributed by atoms with Crippen LogP contribution in [0.4, 0.5) is 22.4 Å². The number of methoxy groups -OCH3 is 5. The van der Waals surface area contributed by atoms with Gasteiger partial charge in [0.2, 0.25) is 23.6 Å². The molecule has 4 heterocycles. The number of carboxylic acid groups (broad SMARTS) is 1. The number of amides is 5. The lowest BCUT2D eigenvalue weighted by atomic mass is 9.94. The average molecular weight is 1120 g/mol. The Balaban J connectivity index is 0.000000199. The Kier molecular flexibility index (Phi) is 22.2. The second-order valence-corrected chi connectivity index (χ2v) is 18.1. The van der Waals surface area contributed by atoms with Crippen molar-refractivity contribution >= 4 is 41.7 Å². The Morgan fingerprint density at radius 3 is 1.32 bits per heavy atom. The first-order valence-electron chi connectivity index (χ1n) is 24.3. The third-order valence-corrected chi connectivity index (χ3v) is 13.0. The van der Waals surface area contributed by atoms with Gasteiger partial charge in [0.05, 0.1) is 77.6 Å². The van der Waals surface area contributed by atoms with E-state index in [2.05, 4.69) is 31.3 Å². The number of carbonyl (C=O) groups is 7. The van der Waals surface area contributed by atoms with Gasteiger partial charge < -0.3 is 65.8 Å². The van der Waals surface area contributed by atoms with Gasteiger partial charge in [-0.1, -0.05) is 62.0 Å². The summed E-state index contributed by atoms with van der Waals surface area (Å²) in [7, 11) is 6.71. The van der Waals surface area contributed by atoms with Crippen molar-refractivity contribution in [3.63, 3.8) is 0 Å². The van der Waals surface area contributed by atoms with E-state index in [1.807, 2.05) is 30.3 Å². The van der Waals surface area contributed by atoms with Crippen molar-refractivity contribution in [1.82, 2.24) is 26.6 Å². The fourth-order valence-corrected chi connectivity index (χ4v) is 9.03. The Morgan fingerprint density at radius 2 is 0.912 bits per heavy atom. The molecule has 428 valence electrons. The van der Waals surface area contributed by atoms with Crippen LogP contribution in [0.15, 0.2) is 103 Å². The molecule has 5 amide bonds. The van der Waals surface area contributed by atoms with Crippen LogP contribution in [0.3, 0.4) is 0 Å². The molecule has 4 saturated heterocycles. The molecule has 0 saturated carbocycles. The van der Waals surface area contributed by atoms with Crippen molar-refractivity contribution in [2.75, 3.05) is 35.5 Å². The number of aliphatic carboxylic acids is 1. The first-order valence-corrected chi connectivity index (χ1v) is 24.3. The highest BCUT2D eigenvalue weighted by Gasteiger charge is 2.41. The zero-order valence-electron chi connectivity index (χ0n) is 43.3. The van der Waals surface area contributed by atoms with Crippen LogP contribution in [0, 0.1) is 35.1 Å². The summed E-state index contributed by atoms with van der Waals surface area (Å²) in [6.07, 6.45) is -0.208. The topological polar surface area (TPSA) is 281 Å². The van der Waals surface area contributed by atoms with Gasteiger partial charge >= 0.3 is 18.0 Å². The molecule has 24 heteroatoms. The fourth-order valence-electron chi connectivity index (χ4n) is 9.03. The van der Waals surface area contributed by atoms with E-state index in [0.29, 0.717) is 23.1 Å². The van der Waals surface area contributed by atoms with Gasteiger partial charge in [0.15, 0.2) is 46.3 Å². The molecule has 80 heavy (non-hydrogen) atoms. The van der Waals surface area contributed by atoms with Crippen LogP contribution in [0.2, 0.25) is 0 Å². The summed E-state index contributed by atoms with van der Waals surface area (Å²) >= 11 is 0. The van der Waals surface area contributed by atoms with E-state index in [0.717, 1.165) is 11.1 Å². The Labute approximate surface area is 458 Å². The predicted octanol–water partition coefficient (Wildman–Crippen LogP) is 6.33. The molecule has 0 radical (unpaired) electrons. The standard InChI is InChI=1S/C19H19FN2O4.C13H14FNO4.C12H12FNO4.C11H13FN2O2.CH4/c1-25-16-9-13(7-8-14(16)20)18-15(10-17(23)22-18)21-19(24)26-11-12-5-3-2-4-6-12;1-18-10-5-7(3-4-9(10)14)12-8(13(17)19-2)6-11(16)15-12;1-18-9-4-6(2-3-8(9)13)11-7(12(16)17)5-10(15)14-11;1-16-9-4-6(2-3-7(9)12)11-8(13)5-10(15)14-11;/h2-9,15,18H,10-11H2,1H3,(H,21,24)(H,22,23);3-5,8,12H,6H2,1-2H3,(H,15,16);2-4,7,11H,5H2,1H3,(H,14,15)(H,16,17);2-4,8,11H,5,13H2,1H3,(H,14,15);1H4/t15-,18+;;7-,11?;8?,11-;/m0.01./s1. The molecule has 5 aromatic rings.